The summed E-state index contributed by atoms with van der Waals surface area (Å²) in [6.07, 6.45) is 1.64. The van der Waals surface area contributed by atoms with Crippen molar-refractivity contribution in [3.05, 3.63) is 58.6 Å². The fourth-order valence-corrected chi connectivity index (χ4v) is 3.24. The topological polar surface area (TPSA) is 32.3 Å². The zero-order valence-corrected chi connectivity index (χ0v) is 14.1. The van der Waals surface area contributed by atoms with Crippen LogP contribution in [0.2, 0.25) is 10.0 Å². The minimum Gasteiger partial charge on any atom is -0.371 e. The SMILES string of the molecule is O=C(Nc1ccccc1Cl)C1CCN(c2cccc(Cl)c2)CC1. The summed E-state index contributed by atoms with van der Waals surface area (Å²) in [5.74, 6) is 0.0607. The molecule has 3 rings (SSSR count). The molecular weight excluding hydrogens is 331 g/mol. The van der Waals surface area contributed by atoms with Crippen LogP contribution >= 0.6 is 23.2 Å². The van der Waals surface area contributed by atoms with Gasteiger partial charge in [0, 0.05) is 29.7 Å². The third kappa shape index (κ3) is 3.98. The Bertz CT molecular complexity index is 697. The molecule has 2 aromatic carbocycles. The van der Waals surface area contributed by atoms with Gasteiger partial charge in [-0.2, -0.15) is 0 Å². The molecule has 23 heavy (non-hydrogen) atoms. The molecule has 5 heteroatoms. The fraction of sp³-hybridized carbons (Fsp3) is 0.278. The number of hydrogen-bond acceptors (Lipinski definition) is 2. The molecule has 0 aromatic heterocycles. The number of benzene rings is 2. The van der Waals surface area contributed by atoms with Crippen LogP contribution in [-0.4, -0.2) is 19.0 Å². The van der Waals surface area contributed by atoms with E-state index in [9.17, 15) is 4.79 Å². The zero-order valence-electron chi connectivity index (χ0n) is 12.6. The number of para-hydroxylation sites is 1. The van der Waals surface area contributed by atoms with E-state index < -0.39 is 0 Å². The third-order valence-electron chi connectivity index (χ3n) is 4.17. The highest BCUT2D eigenvalue weighted by Gasteiger charge is 2.25. The van der Waals surface area contributed by atoms with Crippen molar-refractivity contribution in [1.29, 1.82) is 0 Å². The standard InChI is InChI=1S/C18H18Cl2N2O/c19-14-4-3-5-15(12-14)22-10-8-13(9-11-22)18(23)21-17-7-2-1-6-16(17)20/h1-7,12-13H,8-11H2,(H,21,23). The number of hydrogen-bond donors (Lipinski definition) is 1. The lowest BCUT2D eigenvalue weighted by atomic mass is 9.95. The number of nitrogens with one attached hydrogen (secondary N) is 1. The Morgan fingerprint density at radius 1 is 1.04 bits per heavy atom. The average Bonchev–Trinajstić information content (AvgIpc) is 2.57. The van der Waals surface area contributed by atoms with Crippen LogP contribution in [0.5, 0.6) is 0 Å². The highest BCUT2D eigenvalue weighted by Crippen LogP contribution is 2.27. The Hall–Kier alpha value is -1.71. The van der Waals surface area contributed by atoms with Gasteiger partial charge in [0.05, 0.1) is 10.7 Å². The summed E-state index contributed by atoms with van der Waals surface area (Å²) in [4.78, 5) is 14.7. The second kappa shape index (κ2) is 7.24. The first-order valence-electron chi connectivity index (χ1n) is 7.69. The molecule has 0 atom stereocenters. The van der Waals surface area contributed by atoms with E-state index in [1.54, 1.807) is 6.07 Å². The number of carbonyl (C=O) groups excluding carboxylic acids is 1. The van der Waals surface area contributed by atoms with E-state index >= 15 is 0 Å². The normalized spacial score (nSPS) is 15.5. The molecule has 0 unspecified atom stereocenters. The summed E-state index contributed by atoms with van der Waals surface area (Å²) in [7, 11) is 0. The lowest BCUT2D eigenvalue weighted by molar-refractivity contribution is -0.120. The summed E-state index contributed by atoms with van der Waals surface area (Å²) in [6.45, 7) is 1.70. The van der Waals surface area contributed by atoms with Crippen molar-refractivity contribution in [3.8, 4) is 0 Å². The number of rotatable bonds is 3. The predicted molar refractivity (Wildman–Crippen MR) is 96.5 cm³/mol. The number of carbonyl (C=O) groups is 1. The molecule has 1 amide bonds. The first kappa shape index (κ1) is 16.2. The molecule has 0 bridgehead atoms. The molecule has 1 aliphatic heterocycles. The van der Waals surface area contributed by atoms with Crippen molar-refractivity contribution in [3.63, 3.8) is 0 Å². The van der Waals surface area contributed by atoms with Gasteiger partial charge in [0.15, 0.2) is 0 Å². The van der Waals surface area contributed by atoms with Crippen LogP contribution in [0.15, 0.2) is 48.5 Å². The van der Waals surface area contributed by atoms with Gasteiger partial charge in [0.2, 0.25) is 5.91 Å². The second-order valence-electron chi connectivity index (χ2n) is 5.71. The molecule has 1 N–H and O–H groups in total. The Kier molecular flexibility index (Phi) is 5.09. The lowest BCUT2D eigenvalue weighted by Gasteiger charge is -2.33. The smallest absolute Gasteiger partial charge is 0.227 e. The molecule has 1 aliphatic rings. The molecule has 1 fully saturated rings. The van der Waals surface area contributed by atoms with Crippen LogP contribution in [0.25, 0.3) is 0 Å². The maximum Gasteiger partial charge on any atom is 0.227 e. The summed E-state index contributed by atoms with van der Waals surface area (Å²) >= 11 is 12.1. The molecule has 1 heterocycles. The van der Waals surface area contributed by atoms with Crippen LogP contribution < -0.4 is 10.2 Å². The number of amides is 1. The second-order valence-corrected chi connectivity index (χ2v) is 6.55. The van der Waals surface area contributed by atoms with Crippen LogP contribution in [-0.2, 0) is 4.79 Å². The summed E-state index contributed by atoms with van der Waals surface area (Å²) < 4.78 is 0. The van der Waals surface area contributed by atoms with Gasteiger partial charge in [-0.05, 0) is 43.2 Å². The first-order valence-corrected chi connectivity index (χ1v) is 8.45. The maximum absolute atomic E-state index is 12.4. The van der Waals surface area contributed by atoms with E-state index in [0.29, 0.717) is 10.7 Å². The van der Waals surface area contributed by atoms with Gasteiger partial charge in [-0.1, -0.05) is 41.4 Å². The molecule has 0 saturated carbocycles. The minimum atomic E-state index is 0.0155. The summed E-state index contributed by atoms with van der Waals surface area (Å²) in [5, 5.41) is 4.24. The van der Waals surface area contributed by atoms with Crippen LogP contribution in [0.3, 0.4) is 0 Å². The van der Waals surface area contributed by atoms with E-state index in [0.717, 1.165) is 36.6 Å². The van der Waals surface area contributed by atoms with Crippen molar-refractivity contribution in [1.82, 2.24) is 0 Å². The van der Waals surface area contributed by atoms with Crippen molar-refractivity contribution in [2.24, 2.45) is 5.92 Å². The van der Waals surface area contributed by atoms with Crippen molar-refractivity contribution in [2.75, 3.05) is 23.3 Å². The largest absolute Gasteiger partial charge is 0.371 e. The number of nitrogens with zero attached hydrogens (tertiary/aromatic N) is 1. The van der Waals surface area contributed by atoms with Gasteiger partial charge in [-0.25, -0.2) is 0 Å². The number of piperidine rings is 1. The van der Waals surface area contributed by atoms with E-state index in [4.69, 9.17) is 23.2 Å². The van der Waals surface area contributed by atoms with Gasteiger partial charge < -0.3 is 10.2 Å². The molecular formula is C18H18Cl2N2O. The number of halogens is 2. The van der Waals surface area contributed by atoms with Gasteiger partial charge in [-0.3, -0.25) is 4.79 Å². The summed E-state index contributed by atoms with van der Waals surface area (Å²) in [5.41, 5.74) is 1.79. The monoisotopic (exact) mass is 348 g/mol. The minimum absolute atomic E-state index is 0.0155. The maximum atomic E-state index is 12.4. The van der Waals surface area contributed by atoms with Crippen molar-refractivity contribution >= 4 is 40.5 Å². The van der Waals surface area contributed by atoms with Crippen LogP contribution in [0, 0.1) is 5.92 Å². The van der Waals surface area contributed by atoms with E-state index in [2.05, 4.69) is 16.3 Å². The number of anilines is 2. The molecule has 0 aliphatic carbocycles. The highest BCUT2D eigenvalue weighted by atomic mass is 35.5. The van der Waals surface area contributed by atoms with Crippen LogP contribution in [0.4, 0.5) is 11.4 Å². The quantitative estimate of drug-likeness (QED) is 0.859. The molecule has 0 radical (unpaired) electrons. The van der Waals surface area contributed by atoms with Gasteiger partial charge in [-0.15, -0.1) is 0 Å². The molecule has 2 aromatic rings. The Balaban J connectivity index is 1.58. The predicted octanol–water partition coefficient (Wildman–Crippen LogP) is 4.85. The van der Waals surface area contributed by atoms with E-state index in [1.165, 1.54) is 0 Å². The van der Waals surface area contributed by atoms with Gasteiger partial charge in [0.25, 0.3) is 0 Å². The van der Waals surface area contributed by atoms with Crippen LogP contribution in [0.1, 0.15) is 12.8 Å². The van der Waals surface area contributed by atoms with Gasteiger partial charge in [0.1, 0.15) is 0 Å². The molecule has 1 saturated heterocycles. The molecule has 0 spiro atoms. The molecule has 120 valence electrons. The Morgan fingerprint density at radius 2 is 1.78 bits per heavy atom. The van der Waals surface area contributed by atoms with Gasteiger partial charge >= 0.3 is 0 Å². The molecule has 3 nitrogen and oxygen atoms in total. The Morgan fingerprint density at radius 3 is 2.48 bits per heavy atom. The third-order valence-corrected chi connectivity index (χ3v) is 4.74. The van der Waals surface area contributed by atoms with E-state index in [-0.39, 0.29) is 11.8 Å². The first-order chi connectivity index (χ1) is 11.1. The van der Waals surface area contributed by atoms with Crippen molar-refractivity contribution < 1.29 is 4.79 Å². The average molecular weight is 349 g/mol. The van der Waals surface area contributed by atoms with Crippen molar-refractivity contribution in [2.45, 2.75) is 12.8 Å². The summed E-state index contributed by atoms with van der Waals surface area (Å²) in [6, 6.07) is 15.1. The van der Waals surface area contributed by atoms with E-state index in [1.807, 2.05) is 36.4 Å². The lowest BCUT2D eigenvalue weighted by Crippen LogP contribution is -2.38. The zero-order chi connectivity index (χ0) is 16.2. The Labute approximate surface area is 146 Å². The highest BCUT2D eigenvalue weighted by molar-refractivity contribution is 6.33. The fourth-order valence-electron chi connectivity index (χ4n) is 2.87.